The maximum absolute atomic E-state index is 14.5. The third kappa shape index (κ3) is 5.99. The van der Waals surface area contributed by atoms with Crippen LogP contribution in [0.1, 0.15) is 12.8 Å². The molecule has 206 valence electrons. The zero-order valence-corrected chi connectivity index (χ0v) is 22.6. The quantitative estimate of drug-likeness (QED) is 0.473. The summed E-state index contributed by atoms with van der Waals surface area (Å²) in [6.45, 7) is 2.81. The number of nitrogens with one attached hydrogen (secondary N) is 1. The molecule has 0 aliphatic carbocycles. The second-order valence-electron chi connectivity index (χ2n) is 9.72. The van der Waals surface area contributed by atoms with Gasteiger partial charge in [-0.2, -0.15) is 0 Å². The lowest BCUT2D eigenvalue weighted by molar-refractivity contribution is -0.139. The number of likely N-dealkylation sites (tertiary alicyclic amines) is 1. The summed E-state index contributed by atoms with van der Waals surface area (Å²) in [6, 6.07) is 8.19. The zero-order valence-electron chi connectivity index (χ0n) is 21.8. The number of nitrogens with zero attached hydrogens (tertiary/aromatic N) is 5. The Hall–Kier alpha value is -3.70. The van der Waals surface area contributed by atoms with E-state index < -0.39 is 5.82 Å². The molecular formula is C27H30ClFN6O4. The topological polar surface area (TPSA) is 100 Å². The minimum absolute atomic E-state index is 0.000301. The minimum atomic E-state index is -0.580. The summed E-state index contributed by atoms with van der Waals surface area (Å²) in [4.78, 5) is 39.0. The Kier molecular flexibility index (Phi) is 7.99. The van der Waals surface area contributed by atoms with Crippen LogP contribution in [0, 0.1) is 5.82 Å². The molecule has 2 aromatic carbocycles. The van der Waals surface area contributed by atoms with Gasteiger partial charge in [0, 0.05) is 38.1 Å². The van der Waals surface area contributed by atoms with Gasteiger partial charge in [0.1, 0.15) is 18.2 Å². The number of benzene rings is 2. The number of piperazine rings is 1. The third-order valence-corrected chi connectivity index (χ3v) is 7.34. The van der Waals surface area contributed by atoms with E-state index in [0.717, 1.165) is 12.8 Å². The van der Waals surface area contributed by atoms with E-state index in [0.29, 0.717) is 54.4 Å². The molecule has 1 atom stereocenters. The first-order valence-corrected chi connectivity index (χ1v) is 13.1. The SMILES string of the molecule is COc1cc2ncnc(Nc3cccc(Cl)c3F)c2cc1OC1CCCN(C(=O)CN2CCN(C)C(=O)C2)C1. The number of carbonyl (C=O) groups is 2. The van der Waals surface area contributed by atoms with Gasteiger partial charge in [0.2, 0.25) is 11.8 Å². The molecule has 0 saturated carbocycles. The number of anilines is 2. The van der Waals surface area contributed by atoms with E-state index in [9.17, 15) is 14.0 Å². The van der Waals surface area contributed by atoms with E-state index in [1.165, 1.54) is 12.4 Å². The Labute approximate surface area is 230 Å². The van der Waals surface area contributed by atoms with Crippen LogP contribution in [-0.2, 0) is 9.59 Å². The Morgan fingerprint density at radius 3 is 2.85 bits per heavy atom. The number of hydrogen-bond acceptors (Lipinski definition) is 8. The summed E-state index contributed by atoms with van der Waals surface area (Å²) in [5.74, 6) is 0.765. The van der Waals surface area contributed by atoms with E-state index in [1.807, 2.05) is 4.90 Å². The van der Waals surface area contributed by atoms with Crippen molar-refractivity contribution in [2.24, 2.45) is 0 Å². The average molecular weight is 557 g/mol. The molecule has 0 bridgehead atoms. The molecule has 12 heteroatoms. The van der Waals surface area contributed by atoms with Gasteiger partial charge in [0.15, 0.2) is 17.3 Å². The van der Waals surface area contributed by atoms with Crippen LogP contribution in [0.5, 0.6) is 11.5 Å². The molecule has 10 nitrogen and oxygen atoms in total. The molecule has 0 radical (unpaired) electrons. The first-order valence-electron chi connectivity index (χ1n) is 12.8. The summed E-state index contributed by atoms with van der Waals surface area (Å²) >= 11 is 5.94. The van der Waals surface area contributed by atoms with Gasteiger partial charge < -0.3 is 24.6 Å². The van der Waals surface area contributed by atoms with Crippen LogP contribution in [0.2, 0.25) is 5.02 Å². The van der Waals surface area contributed by atoms with Gasteiger partial charge >= 0.3 is 0 Å². The molecule has 1 aromatic heterocycles. The summed E-state index contributed by atoms with van der Waals surface area (Å²) in [7, 11) is 3.32. The minimum Gasteiger partial charge on any atom is -0.493 e. The van der Waals surface area contributed by atoms with Crippen LogP contribution in [0.4, 0.5) is 15.9 Å². The number of piperidine rings is 1. The number of likely N-dealkylation sites (N-methyl/N-ethyl adjacent to an activating group) is 1. The average Bonchev–Trinajstić information content (AvgIpc) is 2.93. The van der Waals surface area contributed by atoms with Crippen molar-refractivity contribution < 1.29 is 23.5 Å². The summed E-state index contributed by atoms with van der Waals surface area (Å²) in [5.41, 5.74) is 0.769. The van der Waals surface area contributed by atoms with Crippen molar-refractivity contribution in [3.63, 3.8) is 0 Å². The Morgan fingerprint density at radius 2 is 2.05 bits per heavy atom. The van der Waals surface area contributed by atoms with Crippen molar-refractivity contribution >= 4 is 45.8 Å². The summed E-state index contributed by atoms with van der Waals surface area (Å²) in [5, 5.41) is 3.61. The standard InChI is InChI=1S/C27H30ClFN6O4/c1-33-9-10-34(14-24(33)36)15-25(37)35-8-4-5-17(13-35)39-23-11-18-21(12-22(23)38-2)30-16-31-27(18)32-20-7-3-6-19(28)26(20)29/h3,6-7,11-12,16-17H,4-5,8-10,13-15H2,1-2H3,(H,30,31,32). The van der Waals surface area contributed by atoms with Gasteiger partial charge in [-0.25, -0.2) is 14.4 Å². The first kappa shape index (κ1) is 26.9. The number of halogens is 2. The van der Waals surface area contributed by atoms with Crippen molar-refractivity contribution in [2.75, 3.05) is 58.7 Å². The van der Waals surface area contributed by atoms with Crippen LogP contribution in [-0.4, -0.2) is 96.0 Å². The highest BCUT2D eigenvalue weighted by atomic mass is 35.5. The maximum atomic E-state index is 14.5. The van der Waals surface area contributed by atoms with Crippen LogP contribution in [0.15, 0.2) is 36.7 Å². The highest BCUT2D eigenvalue weighted by molar-refractivity contribution is 6.31. The monoisotopic (exact) mass is 556 g/mol. The predicted molar refractivity (Wildman–Crippen MR) is 145 cm³/mol. The fraction of sp³-hybridized carbons (Fsp3) is 0.407. The molecule has 2 fully saturated rings. The van der Waals surface area contributed by atoms with Gasteiger partial charge in [0.25, 0.3) is 0 Å². The molecule has 2 aliphatic heterocycles. The number of rotatable bonds is 7. The Morgan fingerprint density at radius 1 is 1.21 bits per heavy atom. The van der Waals surface area contributed by atoms with Crippen molar-refractivity contribution in [2.45, 2.75) is 18.9 Å². The van der Waals surface area contributed by atoms with Crippen molar-refractivity contribution in [1.29, 1.82) is 0 Å². The van der Waals surface area contributed by atoms with Crippen LogP contribution < -0.4 is 14.8 Å². The lowest BCUT2D eigenvalue weighted by atomic mass is 10.1. The van der Waals surface area contributed by atoms with Crippen molar-refractivity contribution in [3.05, 3.63) is 47.5 Å². The molecular weight excluding hydrogens is 527 g/mol. The number of carbonyl (C=O) groups excluding carboxylic acids is 2. The number of amides is 2. The number of fused-ring (bicyclic) bond motifs is 1. The molecule has 1 N–H and O–H groups in total. The smallest absolute Gasteiger partial charge is 0.236 e. The fourth-order valence-electron chi connectivity index (χ4n) is 4.82. The third-order valence-electron chi connectivity index (χ3n) is 7.05. The number of hydrogen-bond donors (Lipinski definition) is 1. The van der Waals surface area contributed by atoms with Crippen LogP contribution in [0.25, 0.3) is 10.9 Å². The molecule has 3 aromatic rings. The van der Waals surface area contributed by atoms with Crippen molar-refractivity contribution in [3.8, 4) is 11.5 Å². The van der Waals surface area contributed by atoms with Gasteiger partial charge in [-0.3, -0.25) is 14.5 Å². The van der Waals surface area contributed by atoms with Gasteiger partial charge in [-0.05, 0) is 31.0 Å². The summed E-state index contributed by atoms with van der Waals surface area (Å²) < 4.78 is 26.5. The highest BCUT2D eigenvalue weighted by Crippen LogP contribution is 2.36. The molecule has 5 rings (SSSR count). The van der Waals surface area contributed by atoms with Crippen molar-refractivity contribution in [1.82, 2.24) is 24.7 Å². The number of aromatic nitrogens is 2. The fourth-order valence-corrected chi connectivity index (χ4v) is 4.99. The van der Waals surface area contributed by atoms with E-state index >= 15 is 0 Å². The van der Waals surface area contributed by atoms with Gasteiger partial charge in [-0.15, -0.1) is 0 Å². The number of ether oxygens (including phenoxy) is 2. The van der Waals surface area contributed by atoms with E-state index in [-0.39, 0.29) is 41.7 Å². The normalized spacial score (nSPS) is 18.4. The largest absolute Gasteiger partial charge is 0.493 e. The second-order valence-corrected chi connectivity index (χ2v) is 10.1. The predicted octanol–water partition coefficient (Wildman–Crippen LogP) is 3.32. The van der Waals surface area contributed by atoms with Crippen LogP contribution >= 0.6 is 11.6 Å². The summed E-state index contributed by atoms with van der Waals surface area (Å²) in [6.07, 6.45) is 2.68. The Bertz CT molecular complexity index is 1390. The molecule has 2 saturated heterocycles. The van der Waals surface area contributed by atoms with Crippen LogP contribution in [0.3, 0.4) is 0 Å². The molecule has 2 aliphatic rings. The lowest BCUT2D eigenvalue weighted by Gasteiger charge is -2.36. The number of methoxy groups -OCH3 is 1. The van der Waals surface area contributed by atoms with E-state index in [4.69, 9.17) is 21.1 Å². The molecule has 3 heterocycles. The highest BCUT2D eigenvalue weighted by Gasteiger charge is 2.29. The lowest BCUT2D eigenvalue weighted by Crippen LogP contribution is -2.53. The van der Waals surface area contributed by atoms with E-state index in [1.54, 1.807) is 48.2 Å². The molecule has 0 spiro atoms. The van der Waals surface area contributed by atoms with Gasteiger partial charge in [-0.1, -0.05) is 17.7 Å². The zero-order chi connectivity index (χ0) is 27.5. The van der Waals surface area contributed by atoms with E-state index in [2.05, 4.69) is 15.3 Å². The molecule has 1 unspecified atom stereocenters. The Balaban J connectivity index is 1.32. The first-order chi connectivity index (χ1) is 18.8. The molecule has 2 amide bonds. The van der Waals surface area contributed by atoms with Gasteiger partial charge in [0.05, 0.1) is 43.0 Å². The second kappa shape index (κ2) is 11.6. The molecule has 39 heavy (non-hydrogen) atoms. The maximum Gasteiger partial charge on any atom is 0.236 e.